The zero-order chi connectivity index (χ0) is 14.5. The van der Waals surface area contributed by atoms with Crippen molar-refractivity contribution in [1.29, 1.82) is 0 Å². The summed E-state index contributed by atoms with van der Waals surface area (Å²) in [4.78, 5) is 11.9. The summed E-state index contributed by atoms with van der Waals surface area (Å²) >= 11 is 2.26. The molecule has 1 aromatic carbocycles. The summed E-state index contributed by atoms with van der Waals surface area (Å²) in [6.07, 6.45) is 1.65. The van der Waals surface area contributed by atoms with Crippen LogP contribution < -0.4 is 10.6 Å². The smallest absolute Gasteiger partial charge is 0.279 e. The monoisotopic (exact) mass is 385 g/mol. The Balaban J connectivity index is 1.86. The number of benzene rings is 1. The Morgan fingerprint density at radius 3 is 2.90 bits per heavy atom. The number of furan rings is 1. The average Bonchev–Trinajstić information content (AvgIpc) is 2.93. The van der Waals surface area contributed by atoms with Crippen LogP contribution in [0.2, 0.25) is 0 Å². The van der Waals surface area contributed by atoms with Crippen LogP contribution in [0.15, 0.2) is 41.0 Å². The second-order valence-corrected chi connectivity index (χ2v) is 6.00. The van der Waals surface area contributed by atoms with Gasteiger partial charge in [-0.05, 0) is 72.3 Å². The standard InChI is InChI=1S/C15H17IN2O2/c1-10-8-12(16)5-6-13(10)18-15(19)9-17-11(2)14-4-3-7-20-14/h3-8,11,17H,9H2,1-2H3,(H,18,19)/p+1/t11-/m1/s1. The SMILES string of the molecule is Cc1cc(I)ccc1NC(=O)C[NH2+][C@H](C)c1ccco1. The van der Waals surface area contributed by atoms with Gasteiger partial charge in [0.15, 0.2) is 12.3 Å². The van der Waals surface area contributed by atoms with E-state index in [0.717, 1.165) is 20.6 Å². The highest BCUT2D eigenvalue weighted by atomic mass is 127. The van der Waals surface area contributed by atoms with E-state index in [0.29, 0.717) is 6.54 Å². The lowest BCUT2D eigenvalue weighted by Crippen LogP contribution is -2.86. The molecule has 20 heavy (non-hydrogen) atoms. The molecule has 0 aliphatic heterocycles. The molecule has 3 N–H and O–H groups in total. The molecule has 0 unspecified atom stereocenters. The average molecular weight is 385 g/mol. The van der Waals surface area contributed by atoms with E-state index in [4.69, 9.17) is 4.42 Å². The first-order chi connectivity index (χ1) is 9.56. The Kier molecular flexibility index (Phi) is 5.19. The zero-order valence-electron chi connectivity index (χ0n) is 11.5. The van der Waals surface area contributed by atoms with Gasteiger partial charge in [0.1, 0.15) is 6.04 Å². The third-order valence-corrected chi connectivity index (χ3v) is 3.78. The van der Waals surface area contributed by atoms with Gasteiger partial charge < -0.3 is 15.1 Å². The van der Waals surface area contributed by atoms with Crippen LogP contribution in [-0.4, -0.2) is 12.5 Å². The van der Waals surface area contributed by atoms with Gasteiger partial charge in [-0.25, -0.2) is 0 Å². The van der Waals surface area contributed by atoms with Gasteiger partial charge >= 0.3 is 0 Å². The predicted molar refractivity (Wildman–Crippen MR) is 86.4 cm³/mol. The molecule has 5 heteroatoms. The first-order valence-corrected chi connectivity index (χ1v) is 7.57. The van der Waals surface area contributed by atoms with Crippen molar-refractivity contribution in [3.05, 3.63) is 51.5 Å². The predicted octanol–water partition coefficient (Wildman–Crippen LogP) is 2.46. The zero-order valence-corrected chi connectivity index (χ0v) is 13.7. The number of carbonyl (C=O) groups excluding carboxylic acids is 1. The van der Waals surface area contributed by atoms with Crippen molar-refractivity contribution in [3.63, 3.8) is 0 Å². The number of carbonyl (C=O) groups is 1. The van der Waals surface area contributed by atoms with Gasteiger partial charge in [0.2, 0.25) is 0 Å². The molecule has 0 aliphatic rings. The maximum absolute atomic E-state index is 11.9. The van der Waals surface area contributed by atoms with Gasteiger partial charge in [0.05, 0.1) is 6.26 Å². The Morgan fingerprint density at radius 1 is 1.45 bits per heavy atom. The van der Waals surface area contributed by atoms with Crippen LogP contribution in [0.25, 0.3) is 0 Å². The maximum Gasteiger partial charge on any atom is 0.279 e. The molecule has 0 radical (unpaired) electrons. The molecule has 0 spiro atoms. The fraction of sp³-hybridized carbons (Fsp3) is 0.267. The third-order valence-electron chi connectivity index (χ3n) is 3.11. The van der Waals surface area contributed by atoms with Crippen molar-refractivity contribution in [2.24, 2.45) is 0 Å². The maximum atomic E-state index is 11.9. The van der Waals surface area contributed by atoms with Crippen molar-refractivity contribution in [2.45, 2.75) is 19.9 Å². The highest BCUT2D eigenvalue weighted by Crippen LogP contribution is 2.17. The number of rotatable bonds is 5. The fourth-order valence-electron chi connectivity index (χ4n) is 1.92. The third kappa shape index (κ3) is 4.08. The van der Waals surface area contributed by atoms with Gasteiger partial charge in [-0.1, -0.05) is 0 Å². The van der Waals surface area contributed by atoms with Gasteiger partial charge in [-0.15, -0.1) is 0 Å². The van der Waals surface area contributed by atoms with E-state index in [9.17, 15) is 4.79 Å². The van der Waals surface area contributed by atoms with Crippen molar-refractivity contribution < 1.29 is 14.5 Å². The first kappa shape index (κ1) is 15.1. The van der Waals surface area contributed by atoms with Crippen molar-refractivity contribution >= 4 is 34.2 Å². The molecule has 106 valence electrons. The molecule has 0 fully saturated rings. The minimum atomic E-state index is -0.00675. The molecule has 1 atom stereocenters. The summed E-state index contributed by atoms with van der Waals surface area (Å²) in [5.41, 5.74) is 1.94. The van der Waals surface area contributed by atoms with Gasteiger partial charge in [-0.3, -0.25) is 4.79 Å². The summed E-state index contributed by atoms with van der Waals surface area (Å²) in [5, 5.41) is 4.89. The number of halogens is 1. The van der Waals surface area contributed by atoms with Gasteiger partial charge in [-0.2, -0.15) is 0 Å². The molecule has 0 bridgehead atoms. The molecule has 2 rings (SSSR count). The minimum Gasteiger partial charge on any atom is -0.463 e. The van der Waals surface area contributed by atoms with E-state index in [-0.39, 0.29) is 11.9 Å². The van der Waals surface area contributed by atoms with Crippen LogP contribution in [0, 0.1) is 10.5 Å². The van der Waals surface area contributed by atoms with Crippen LogP contribution in [-0.2, 0) is 4.79 Å². The summed E-state index contributed by atoms with van der Waals surface area (Å²) in [7, 11) is 0. The van der Waals surface area contributed by atoms with Crippen molar-refractivity contribution in [3.8, 4) is 0 Å². The molecule has 0 saturated heterocycles. The molecule has 0 saturated carbocycles. The Labute approximate surface area is 132 Å². The van der Waals surface area contributed by atoms with Crippen molar-refractivity contribution in [1.82, 2.24) is 0 Å². The molecule has 1 aromatic heterocycles. The van der Waals surface area contributed by atoms with Crippen molar-refractivity contribution in [2.75, 3.05) is 11.9 Å². The highest BCUT2D eigenvalue weighted by Gasteiger charge is 2.14. The molecule has 0 aliphatic carbocycles. The van der Waals surface area contributed by atoms with E-state index < -0.39 is 0 Å². The summed E-state index contributed by atoms with van der Waals surface area (Å²) < 4.78 is 6.48. The van der Waals surface area contributed by atoms with E-state index >= 15 is 0 Å². The molecule has 4 nitrogen and oxygen atoms in total. The number of nitrogens with two attached hydrogens (primary N) is 1. The molecule has 2 aromatic rings. The number of quaternary nitrogens is 1. The summed E-state index contributed by atoms with van der Waals surface area (Å²) in [6, 6.07) is 9.87. The van der Waals surface area contributed by atoms with E-state index in [2.05, 4.69) is 27.9 Å². The normalized spacial score (nSPS) is 12.2. The lowest BCUT2D eigenvalue weighted by molar-refractivity contribution is -0.684. The quantitative estimate of drug-likeness (QED) is 0.777. The largest absolute Gasteiger partial charge is 0.463 e. The summed E-state index contributed by atoms with van der Waals surface area (Å²) in [5.74, 6) is 0.871. The Morgan fingerprint density at radius 2 is 2.25 bits per heavy atom. The van der Waals surface area contributed by atoms with E-state index in [1.165, 1.54) is 0 Å². The number of amides is 1. The highest BCUT2D eigenvalue weighted by molar-refractivity contribution is 14.1. The number of hydrogen-bond acceptors (Lipinski definition) is 2. The molecular weight excluding hydrogens is 367 g/mol. The van der Waals surface area contributed by atoms with Crippen LogP contribution in [0.5, 0.6) is 0 Å². The van der Waals surface area contributed by atoms with Crippen LogP contribution >= 0.6 is 22.6 Å². The van der Waals surface area contributed by atoms with Gasteiger partial charge in [0, 0.05) is 9.26 Å². The summed E-state index contributed by atoms with van der Waals surface area (Å²) in [6.45, 7) is 4.38. The molecule has 1 amide bonds. The molecular formula is C15H18IN2O2+. The van der Waals surface area contributed by atoms with E-state index in [1.54, 1.807) is 6.26 Å². The second-order valence-electron chi connectivity index (χ2n) is 4.75. The molecule has 1 heterocycles. The number of anilines is 1. The van der Waals surface area contributed by atoms with Crippen LogP contribution in [0.4, 0.5) is 5.69 Å². The van der Waals surface area contributed by atoms with Crippen LogP contribution in [0.1, 0.15) is 24.3 Å². The Hall–Kier alpha value is -1.34. The lowest BCUT2D eigenvalue weighted by Gasteiger charge is -2.10. The van der Waals surface area contributed by atoms with Gasteiger partial charge in [0.25, 0.3) is 5.91 Å². The first-order valence-electron chi connectivity index (χ1n) is 6.49. The Bertz CT molecular complexity index is 582. The lowest BCUT2D eigenvalue weighted by atomic mass is 10.2. The topological polar surface area (TPSA) is 58.9 Å². The minimum absolute atomic E-state index is 0.00675. The number of nitrogens with one attached hydrogen (secondary N) is 1. The fourth-order valence-corrected chi connectivity index (χ4v) is 2.57. The second kappa shape index (κ2) is 6.90. The number of aryl methyl sites for hydroxylation is 1. The van der Waals surface area contributed by atoms with Crippen LogP contribution in [0.3, 0.4) is 0 Å². The number of hydrogen-bond donors (Lipinski definition) is 2. The van der Waals surface area contributed by atoms with E-state index in [1.807, 2.05) is 49.5 Å².